The Labute approximate surface area is 99.0 Å². The zero-order valence-electron chi connectivity index (χ0n) is 9.29. The predicted octanol–water partition coefficient (Wildman–Crippen LogP) is 2.36. The molecule has 16 heavy (non-hydrogen) atoms. The number of aryl methyl sites for hydroxylation is 1. The van der Waals surface area contributed by atoms with Crippen molar-refractivity contribution < 1.29 is 9.53 Å². The first kappa shape index (κ1) is 11.3. The molecule has 1 heterocycles. The van der Waals surface area contributed by atoms with Crippen molar-refractivity contribution in [1.82, 2.24) is 9.97 Å². The van der Waals surface area contributed by atoms with Gasteiger partial charge in [0.25, 0.3) is 0 Å². The number of methoxy groups -OCH3 is 1. The summed E-state index contributed by atoms with van der Waals surface area (Å²) in [4.78, 5) is 20.0. The van der Waals surface area contributed by atoms with Gasteiger partial charge in [-0.25, -0.2) is 14.8 Å². The van der Waals surface area contributed by atoms with Gasteiger partial charge >= 0.3 is 5.97 Å². The van der Waals surface area contributed by atoms with Crippen LogP contribution in [-0.4, -0.2) is 23.0 Å². The molecule has 0 radical (unpaired) electrons. The molecular formula is C11H13ClN2O2. The molecule has 0 aliphatic heterocycles. The van der Waals surface area contributed by atoms with Gasteiger partial charge in [-0.1, -0.05) is 18.5 Å². The van der Waals surface area contributed by atoms with Crippen molar-refractivity contribution in [3.8, 4) is 0 Å². The van der Waals surface area contributed by atoms with Gasteiger partial charge in [0.2, 0.25) is 0 Å². The average molecular weight is 241 g/mol. The fourth-order valence-corrected chi connectivity index (χ4v) is 1.97. The van der Waals surface area contributed by atoms with Crippen LogP contribution >= 0.6 is 11.6 Å². The summed E-state index contributed by atoms with van der Waals surface area (Å²) in [5, 5.41) is 0.398. The van der Waals surface area contributed by atoms with Gasteiger partial charge in [-0.2, -0.15) is 0 Å². The number of ether oxygens (including phenoxy) is 1. The van der Waals surface area contributed by atoms with Gasteiger partial charge in [0.05, 0.1) is 7.11 Å². The van der Waals surface area contributed by atoms with Crippen LogP contribution in [0.2, 0.25) is 5.15 Å². The highest BCUT2D eigenvalue weighted by Gasteiger charge is 2.32. The number of halogens is 1. The molecule has 0 atom stereocenters. The topological polar surface area (TPSA) is 52.1 Å². The molecular weight excluding hydrogens is 228 g/mol. The fourth-order valence-electron chi connectivity index (χ4n) is 1.63. The Morgan fingerprint density at radius 3 is 2.69 bits per heavy atom. The van der Waals surface area contributed by atoms with E-state index in [-0.39, 0.29) is 0 Å². The molecule has 1 aromatic rings. The van der Waals surface area contributed by atoms with Crippen molar-refractivity contribution in [2.75, 3.05) is 7.11 Å². The summed E-state index contributed by atoms with van der Waals surface area (Å²) in [5.74, 6) is 0.475. The smallest absolute Gasteiger partial charge is 0.357 e. The Bertz CT molecular complexity index is 430. The Morgan fingerprint density at radius 2 is 2.19 bits per heavy atom. The highest BCUT2D eigenvalue weighted by atomic mass is 35.5. The second-order valence-electron chi connectivity index (χ2n) is 3.81. The molecule has 0 saturated heterocycles. The third kappa shape index (κ3) is 2.02. The molecule has 0 unspecified atom stereocenters. The summed E-state index contributed by atoms with van der Waals surface area (Å²) in [5.41, 5.74) is 1.09. The van der Waals surface area contributed by atoms with Crippen LogP contribution in [0.3, 0.4) is 0 Å². The minimum Gasteiger partial charge on any atom is -0.464 e. The number of hydrogen-bond donors (Lipinski definition) is 0. The van der Waals surface area contributed by atoms with E-state index in [0.717, 1.165) is 18.4 Å². The highest BCUT2D eigenvalue weighted by molar-refractivity contribution is 6.30. The van der Waals surface area contributed by atoms with Gasteiger partial charge in [-0.05, 0) is 18.8 Å². The number of rotatable bonds is 3. The fraction of sp³-hybridized carbons (Fsp3) is 0.545. The number of aromatic nitrogens is 2. The van der Waals surface area contributed by atoms with Crippen molar-refractivity contribution in [2.24, 2.45) is 0 Å². The average Bonchev–Trinajstić information content (AvgIpc) is 3.10. The first-order chi connectivity index (χ1) is 7.67. The van der Waals surface area contributed by atoms with Crippen LogP contribution in [0.5, 0.6) is 0 Å². The van der Waals surface area contributed by atoms with E-state index in [1.165, 1.54) is 7.11 Å². The lowest BCUT2D eigenvalue weighted by Crippen LogP contribution is -2.12. The Morgan fingerprint density at radius 1 is 1.50 bits per heavy atom. The van der Waals surface area contributed by atoms with Crippen molar-refractivity contribution in [3.05, 3.63) is 22.2 Å². The van der Waals surface area contributed by atoms with Crippen LogP contribution in [0.25, 0.3) is 0 Å². The van der Waals surface area contributed by atoms with E-state index in [1.54, 1.807) is 0 Å². The number of carbonyl (C=O) groups is 1. The molecule has 0 amide bonds. The molecule has 2 rings (SSSR count). The van der Waals surface area contributed by atoms with E-state index < -0.39 is 5.97 Å². The molecule has 0 aromatic carbocycles. The lowest BCUT2D eigenvalue weighted by molar-refractivity contribution is 0.0592. The third-order valence-electron chi connectivity index (χ3n) is 2.63. The van der Waals surface area contributed by atoms with Crippen LogP contribution in [-0.2, 0) is 11.2 Å². The number of hydrogen-bond acceptors (Lipinski definition) is 4. The van der Waals surface area contributed by atoms with Crippen LogP contribution in [0.4, 0.5) is 0 Å². The number of carbonyl (C=O) groups excluding carboxylic acids is 1. The number of esters is 1. The number of nitrogens with zero attached hydrogens (tertiary/aromatic N) is 2. The van der Waals surface area contributed by atoms with Crippen LogP contribution in [0.1, 0.15) is 47.6 Å². The summed E-state index contributed by atoms with van der Waals surface area (Å²) in [6, 6.07) is 0. The van der Waals surface area contributed by atoms with E-state index in [4.69, 9.17) is 16.3 Å². The van der Waals surface area contributed by atoms with Gasteiger partial charge in [0.1, 0.15) is 11.0 Å². The second kappa shape index (κ2) is 4.37. The zero-order valence-corrected chi connectivity index (χ0v) is 10.0. The van der Waals surface area contributed by atoms with Crippen molar-refractivity contribution in [1.29, 1.82) is 0 Å². The van der Waals surface area contributed by atoms with Gasteiger partial charge in [-0.15, -0.1) is 0 Å². The molecule has 4 nitrogen and oxygen atoms in total. The second-order valence-corrected chi connectivity index (χ2v) is 4.17. The molecule has 86 valence electrons. The van der Waals surface area contributed by atoms with E-state index >= 15 is 0 Å². The van der Waals surface area contributed by atoms with Crippen molar-refractivity contribution in [2.45, 2.75) is 32.1 Å². The van der Waals surface area contributed by atoms with Gasteiger partial charge < -0.3 is 4.74 Å². The summed E-state index contributed by atoms with van der Waals surface area (Å²) in [6.07, 6.45) is 2.73. The molecule has 1 aromatic heterocycles. The Kier molecular flexibility index (Phi) is 3.10. The van der Waals surface area contributed by atoms with Crippen LogP contribution in [0, 0.1) is 0 Å². The molecule has 0 N–H and O–H groups in total. The molecule has 1 saturated carbocycles. The van der Waals surface area contributed by atoms with Gasteiger partial charge in [0.15, 0.2) is 5.69 Å². The predicted molar refractivity (Wildman–Crippen MR) is 59.7 cm³/mol. The van der Waals surface area contributed by atoms with E-state index in [9.17, 15) is 4.79 Å². The van der Waals surface area contributed by atoms with E-state index in [1.807, 2.05) is 6.92 Å². The zero-order chi connectivity index (χ0) is 11.7. The van der Waals surface area contributed by atoms with Crippen LogP contribution < -0.4 is 0 Å². The van der Waals surface area contributed by atoms with Crippen LogP contribution in [0.15, 0.2) is 0 Å². The molecule has 0 spiro atoms. The maximum absolute atomic E-state index is 11.6. The minimum absolute atomic E-state index is 0.326. The normalized spacial score (nSPS) is 14.9. The summed E-state index contributed by atoms with van der Waals surface area (Å²) >= 11 is 6.09. The van der Waals surface area contributed by atoms with Gasteiger partial charge in [-0.3, -0.25) is 0 Å². The SMILES string of the molecule is CCc1nc(Cl)c(C2CC2)c(C(=O)OC)n1. The molecule has 5 heteroatoms. The van der Waals surface area contributed by atoms with Crippen molar-refractivity contribution in [3.63, 3.8) is 0 Å². The minimum atomic E-state index is -0.430. The highest BCUT2D eigenvalue weighted by Crippen LogP contribution is 2.44. The van der Waals surface area contributed by atoms with E-state index in [2.05, 4.69) is 9.97 Å². The largest absolute Gasteiger partial charge is 0.464 e. The molecule has 1 aliphatic carbocycles. The molecule has 1 aliphatic rings. The quantitative estimate of drug-likeness (QED) is 0.601. The lowest BCUT2D eigenvalue weighted by Gasteiger charge is -2.09. The van der Waals surface area contributed by atoms with E-state index in [0.29, 0.717) is 29.0 Å². The van der Waals surface area contributed by atoms with Gasteiger partial charge in [0, 0.05) is 12.0 Å². The summed E-state index contributed by atoms with van der Waals surface area (Å²) < 4.78 is 4.72. The molecule has 0 bridgehead atoms. The third-order valence-corrected chi connectivity index (χ3v) is 2.91. The first-order valence-corrected chi connectivity index (χ1v) is 5.69. The standard InChI is InChI=1S/C11H13ClN2O2/c1-3-7-13-9(11(15)16-2)8(6-4-5-6)10(12)14-7/h6H,3-5H2,1-2H3. The monoisotopic (exact) mass is 240 g/mol. The summed E-state index contributed by atoms with van der Waals surface area (Å²) in [7, 11) is 1.35. The first-order valence-electron chi connectivity index (χ1n) is 5.32. The summed E-state index contributed by atoms with van der Waals surface area (Å²) in [6.45, 7) is 1.92. The molecule has 1 fully saturated rings. The Hall–Kier alpha value is -1.16. The maximum Gasteiger partial charge on any atom is 0.357 e. The Balaban J connectivity index is 2.52. The lowest BCUT2D eigenvalue weighted by atomic mass is 10.1. The maximum atomic E-state index is 11.6. The van der Waals surface area contributed by atoms with Crippen molar-refractivity contribution >= 4 is 17.6 Å².